The second-order valence-corrected chi connectivity index (χ2v) is 1.72. The van der Waals surface area contributed by atoms with Crippen molar-refractivity contribution in [2.45, 2.75) is 6.92 Å². The third kappa shape index (κ3) is 1.51. The number of halogens is 1. The van der Waals surface area contributed by atoms with Gasteiger partial charge in [0.25, 0.3) is 0 Å². The second-order valence-electron chi connectivity index (χ2n) is 1.72. The van der Waals surface area contributed by atoms with E-state index in [1.165, 1.54) is 13.1 Å². The molecule has 0 spiro atoms. The summed E-state index contributed by atoms with van der Waals surface area (Å²) in [5, 5.41) is 0. The van der Waals surface area contributed by atoms with Gasteiger partial charge < -0.3 is 0 Å². The van der Waals surface area contributed by atoms with Crippen molar-refractivity contribution in [3.8, 4) is 0 Å². The molecule has 0 atom stereocenters. The molecule has 1 rings (SSSR count). The number of carbonyl (C=O) groups excluding carboxylic acids is 2. The van der Waals surface area contributed by atoms with Crippen LogP contribution in [0.4, 0.5) is 0 Å². The van der Waals surface area contributed by atoms with Gasteiger partial charge in [-0.25, -0.2) is 0 Å². The van der Waals surface area contributed by atoms with Gasteiger partial charge in [-0.05, 0) is 6.92 Å². The minimum atomic E-state index is -0.502. The molecule has 0 aromatic carbocycles. The standard InChI is InChI=1S/C6H5NO2.ClH/c1-4-6(9)5(8)2-3-7-4;/h2-3H,1H3;1H. The first kappa shape index (κ1) is 9.04. The molecule has 3 nitrogen and oxygen atoms in total. The third-order valence-corrected chi connectivity index (χ3v) is 1.05. The van der Waals surface area contributed by atoms with E-state index in [2.05, 4.69) is 4.99 Å². The van der Waals surface area contributed by atoms with Crippen molar-refractivity contribution in [1.29, 1.82) is 0 Å². The number of rotatable bonds is 0. The fourth-order valence-electron chi connectivity index (χ4n) is 0.529. The van der Waals surface area contributed by atoms with Crippen LogP contribution in [-0.4, -0.2) is 17.3 Å². The molecule has 4 heteroatoms. The van der Waals surface area contributed by atoms with Crippen molar-refractivity contribution in [2.75, 3.05) is 0 Å². The van der Waals surface area contributed by atoms with Gasteiger partial charge in [0, 0.05) is 12.3 Å². The normalized spacial score (nSPS) is 16.3. The Morgan fingerprint density at radius 2 is 2.00 bits per heavy atom. The molecule has 0 radical (unpaired) electrons. The number of hydrogen-bond donors (Lipinski definition) is 0. The van der Waals surface area contributed by atoms with Crippen molar-refractivity contribution in [1.82, 2.24) is 0 Å². The maximum absolute atomic E-state index is 10.6. The molecular formula is C6H6ClNO2. The molecule has 0 aliphatic carbocycles. The monoisotopic (exact) mass is 159 g/mol. The van der Waals surface area contributed by atoms with Crippen LogP contribution in [0.3, 0.4) is 0 Å². The lowest BCUT2D eigenvalue weighted by atomic mass is 10.1. The highest BCUT2D eigenvalue weighted by Gasteiger charge is 2.15. The summed E-state index contributed by atoms with van der Waals surface area (Å²) in [6, 6.07) is 0. The fourth-order valence-corrected chi connectivity index (χ4v) is 0.529. The van der Waals surface area contributed by atoms with Gasteiger partial charge in [0.05, 0.1) is 5.71 Å². The third-order valence-electron chi connectivity index (χ3n) is 1.05. The quantitative estimate of drug-likeness (QED) is 0.484. The van der Waals surface area contributed by atoms with E-state index in [1.807, 2.05) is 0 Å². The first-order chi connectivity index (χ1) is 4.22. The molecule has 0 unspecified atom stereocenters. The van der Waals surface area contributed by atoms with E-state index < -0.39 is 11.6 Å². The molecule has 1 aliphatic heterocycles. The molecule has 0 bridgehead atoms. The molecule has 1 heterocycles. The summed E-state index contributed by atoms with van der Waals surface area (Å²) in [7, 11) is 0. The van der Waals surface area contributed by atoms with Crippen LogP contribution in [0.5, 0.6) is 0 Å². The van der Waals surface area contributed by atoms with Gasteiger partial charge in [0.2, 0.25) is 11.6 Å². The fraction of sp³-hybridized carbons (Fsp3) is 0.167. The number of Topliss-reactive ketones (excluding diaryl/α,β-unsaturated/α-hetero) is 1. The van der Waals surface area contributed by atoms with Crippen LogP contribution in [0, 0.1) is 0 Å². The summed E-state index contributed by atoms with van der Waals surface area (Å²) >= 11 is 0. The maximum atomic E-state index is 10.6. The summed E-state index contributed by atoms with van der Waals surface area (Å²) < 4.78 is 0. The van der Waals surface area contributed by atoms with Gasteiger partial charge in [-0.2, -0.15) is 0 Å². The van der Waals surface area contributed by atoms with Crippen molar-refractivity contribution in [3.05, 3.63) is 12.3 Å². The average Bonchev–Trinajstić information content (AvgIpc) is 1.83. The summed E-state index contributed by atoms with van der Waals surface area (Å²) in [4.78, 5) is 24.7. The number of aliphatic imine (C=N–C) groups is 1. The molecule has 10 heavy (non-hydrogen) atoms. The van der Waals surface area contributed by atoms with E-state index in [0.717, 1.165) is 6.08 Å². The minimum Gasteiger partial charge on any atom is -0.285 e. The Kier molecular flexibility index (Phi) is 2.96. The second kappa shape index (κ2) is 3.27. The highest BCUT2D eigenvalue weighted by atomic mass is 35.5. The molecule has 0 fully saturated rings. The first-order valence-electron chi connectivity index (χ1n) is 2.51. The molecule has 0 aromatic heterocycles. The van der Waals surface area contributed by atoms with Gasteiger partial charge in [-0.15, -0.1) is 12.4 Å². The zero-order valence-corrected chi connectivity index (χ0v) is 6.14. The molecule has 54 valence electrons. The van der Waals surface area contributed by atoms with E-state index in [0.29, 0.717) is 0 Å². The molecule has 0 saturated heterocycles. The minimum absolute atomic E-state index is 0. The van der Waals surface area contributed by atoms with Crippen LogP contribution in [0.25, 0.3) is 0 Å². The largest absolute Gasteiger partial charge is 0.285 e. The van der Waals surface area contributed by atoms with Crippen LogP contribution < -0.4 is 0 Å². The molecular weight excluding hydrogens is 154 g/mol. The SMILES string of the molecule is CC1=NC=CC(=O)C1=O.Cl. The van der Waals surface area contributed by atoms with Gasteiger partial charge in [0.15, 0.2) is 0 Å². The Morgan fingerprint density at radius 1 is 1.40 bits per heavy atom. The molecule has 0 N–H and O–H groups in total. The topological polar surface area (TPSA) is 46.5 Å². The highest BCUT2D eigenvalue weighted by Crippen LogP contribution is 1.93. The summed E-state index contributed by atoms with van der Waals surface area (Å²) in [6.07, 6.45) is 2.49. The van der Waals surface area contributed by atoms with Gasteiger partial charge in [-0.3, -0.25) is 14.6 Å². The molecule has 0 saturated carbocycles. The number of carbonyl (C=O) groups is 2. The number of nitrogens with zero attached hydrogens (tertiary/aromatic N) is 1. The van der Waals surface area contributed by atoms with Crippen LogP contribution >= 0.6 is 12.4 Å². The van der Waals surface area contributed by atoms with E-state index in [1.54, 1.807) is 0 Å². The summed E-state index contributed by atoms with van der Waals surface area (Å²) in [6.45, 7) is 1.52. The van der Waals surface area contributed by atoms with Crippen LogP contribution in [-0.2, 0) is 9.59 Å². The smallest absolute Gasteiger partial charge is 0.246 e. The van der Waals surface area contributed by atoms with E-state index in [-0.39, 0.29) is 18.1 Å². The zero-order valence-electron chi connectivity index (χ0n) is 5.33. The van der Waals surface area contributed by atoms with Gasteiger partial charge in [0.1, 0.15) is 0 Å². The van der Waals surface area contributed by atoms with E-state index in [4.69, 9.17) is 0 Å². The molecule has 1 aliphatic rings. The van der Waals surface area contributed by atoms with Crippen molar-refractivity contribution >= 4 is 29.7 Å². The van der Waals surface area contributed by atoms with Crippen molar-refractivity contribution in [3.63, 3.8) is 0 Å². The predicted octanol–water partition coefficient (Wildman–Crippen LogP) is 0.535. The molecule has 0 amide bonds. The Bertz CT molecular complexity index is 230. The maximum Gasteiger partial charge on any atom is 0.246 e. The Hall–Kier alpha value is -0.960. The number of hydrogen-bond acceptors (Lipinski definition) is 3. The van der Waals surface area contributed by atoms with Crippen LogP contribution in [0.15, 0.2) is 17.3 Å². The lowest BCUT2D eigenvalue weighted by Gasteiger charge is -1.96. The lowest BCUT2D eigenvalue weighted by molar-refractivity contribution is -0.130. The predicted molar refractivity (Wildman–Crippen MR) is 39.5 cm³/mol. The van der Waals surface area contributed by atoms with Crippen LogP contribution in [0.1, 0.15) is 6.92 Å². The Labute approximate surface area is 64.2 Å². The van der Waals surface area contributed by atoms with Gasteiger partial charge in [-0.1, -0.05) is 0 Å². The first-order valence-corrected chi connectivity index (χ1v) is 2.51. The Morgan fingerprint density at radius 3 is 2.40 bits per heavy atom. The summed E-state index contributed by atoms with van der Waals surface area (Å²) in [5.74, 6) is -0.986. The Balaban J connectivity index is 0.000000810. The van der Waals surface area contributed by atoms with Gasteiger partial charge >= 0.3 is 0 Å². The lowest BCUT2D eigenvalue weighted by Crippen LogP contribution is -2.21. The summed E-state index contributed by atoms with van der Waals surface area (Å²) in [5.41, 5.74) is 0.266. The molecule has 0 aromatic rings. The van der Waals surface area contributed by atoms with E-state index in [9.17, 15) is 9.59 Å². The number of ketones is 2. The zero-order chi connectivity index (χ0) is 6.85. The highest BCUT2D eigenvalue weighted by molar-refractivity contribution is 6.67. The van der Waals surface area contributed by atoms with E-state index >= 15 is 0 Å². The number of allylic oxidation sites excluding steroid dienone is 1. The van der Waals surface area contributed by atoms with Crippen molar-refractivity contribution < 1.29 is 9.59 Å². The van der Waals surface area contributed by atoms with Crippen LogP contribution in [0.2, 0.25) is 0 Å². The average molecular weight is 160 g/mol. The van der Waals surface area contributed by atoms with Crippen molar-refractivity contribution in [2.24, 2.45) is 4.99 Å².